The number of hydrogen-bond donors (Lipinski definition) is 0. The van der Waals surface area contributed by atoms with Crippen LogP contribution in [0.25, 0.3) is 10.9 Å². The van der Waals surface area contributed by atoms with Crippen molar-refractivity contribution in [1.82, 2.24) is 4.57 Å². The van der Waals surface area contributed by atoms with Gasteiger partial charge in [-0.2, -0.15) is 5.26 Å². The summed E-state index contributed by atoms with van der Waals surface area (Å²) in [6, 6.07) is 8.21. The van der Waals surface area contributed by atoms with Gasteiger partial charge in [0.25, 0.3) is 0 Å². The van der Waals surface area contributed by atoms with Crippen LogP contribution in [0.5, 0.6) is 0 Å². The van der Waals surface area contributed by atoms with Gasteiger partial charge in [0.05, 0.1) is 11.1 Å². The SMILES string of the molecule is Cc1c(C#N)c2ccc(Br)cc2n1C. The van der Waals surface area contributed by atoms with Crippen LogP contribution in [0.15, 0.2) is 22.7 Å². The van der Waals surface area contributed by atoms with Crippen LogP contribution in [0.1, 0.15) is 11.3 Å². The lowest BCUT2D eigenvalue weighted by molar-refractivity contribution is 0.915. The molecule has 14 heavy (non-hydrogen) atoms. The van der Waals surface area contributed by atoms with Crippen molar-refractivity contribution in [2.24, 2.45) is 7.05 Å². The summed E-state index contributed by atoms with van der Waals surface area (Å²) >= 11 is 3.43. The minimum absolute atomic E-state index is 0.773. The molecule has 0 fully saturated rings. The molecule has 0 radical (unpaired) electrons. The van der Waals surface area contributed by atoms with E-state index in [9.17, 15) is 0 Å². The first kappa shape index (κ1) is 9.29. The third-order valence-electron chi connectivity index (χ3n) is 2.57. The van der Waals surface area contributed by atoms with Crippen molar-refractivity contribution in [2.45, 2.75) is 6.92 Å². The Balaban J connectivity index is 2.97. The number of rotatable bonds is 0. The standard InChI is InChI=1S/C11H9BrN2/c1-7-10(6-13)9-4-3-8(12)5-11(9)14(7)2/h3-5H,1-2H3. The molecule has 0 saturated carbocycles. The van der Waals surface area contributed by atoms with Gasteiger partial charge < -0.3 is 4.57 Å². The van der Waals surface area contributed by atoms with Gasteiger partial charge in [-0.05, 0) is 19.1 Å². The zero-order valence-electron chi connectivity index (χ0n) is 8.00. The lowest BCUT2D eigenvalue weighted by Gasteiger charge is -1.97. The molecule has 1 aromatic heterocycles. The summed E-state index contributed by atoms with van der Waals surface area (Å²) in [7, 11) is 1.98. The van der Waals surface area contributed by atoms with Gasteiger partial charge >= 0.3 is 0 Å². The van der Waals surface area contributed by atoms with Crippen molar-refractivity contribution in [3.05, 3.63) is 33.9 Å². The van der Waals surface area contributed by atoms with E-state index in [4.69, 9.17) is 5.26 Å². The maximum absolute atomic E-state index is 9.02. The average Bonchev–Trinajstić information content (AvgIpc) is 2.41. The molecule has 1 aromatic carbocycles. The number of aryl methyl sites for hydroxylation is 1. The number of halogens is 1. The van der Waals surface area contributed by atoms with E-state index < -0.39 is 0 Å². The van der Waals surface area contributed by atoms with Crippen LogP contribution in [0.2, 0.25) is 0 Å². The molecule has 0 aliphatic carbocycles. The Morgan fingerprint density at radius 3 is 2.79 bits per heavy atom. The maximum Gasteiger partial charge on any atom is 0.102 e. The van der Waals surface area contributed by atoms with E-state index in [1.807, 2.05) is 36.7 Å². The summed E-state index contributed by atoms with van der Waals surface area (Å²) in [6.07, 6.45) is 0. The van der Waals surface area contributed by atoms with Gasteiger partial charge in [0, 0.05) is 22.6 Å². The molecule has 0 saturated heterocycles. The Hall–Kier alpha value is -1.27. The molecule has 2 rings (SSSR count). The van der Waals surface area contributed by atoms with Gasteiger partial charge in [0.2, 0.25) is 0 Å². The molecular formula is C11H9BrN2. The van der Waals surface area contributed by atoms with Crippen LogP contribution >= 0.6 is 15.9 Å². The molecule has 0 unspecified atom stereocenters. The van der Waals surface area contributed by atoms with E-state index in [0.717, 1.165) is 26.6 Å². The Bertz CT molecular complexity index is 546. The van der Waals surface area contributed by atoms with Crippen molar-refractivity contribution in [1.29, 1.82) is 5.26 Å². The highest BCUT2D eigenvalue weighted by Crippen LogP contribution is 2.26. The molecule has 2 nitrogen and oxygen atoms in total. The molecule has 0 atom stereocenters. The second-order valence-electron chi connectivity index (χ2n) is 3.29. The minimum atomic E-state index is 0.773. The van der Waals surface area contributed by atoms with Crippen LogP contribution in [-0.4, -0.2) is 4.57 Å². The molecule has 0 spiro atoms. The Labute approximate surface area is 90.9 Å². The predicted molar refractivity (Wildman–Crippen MR) is 60.1 cm³/mol. The second kappa shape index (κ2) is 3.14. The van der Waals surface area contributed by atoms with Gasteiger partial charge in [-0.15, -0.1) is 0 Å². The lowest BCUT2D eigenvalue weighted by atomic mass is 10.1. The number of hydrogen-bond acceptors (Lipinski definition) is 1. The van der Waals surface area contributed by atoms with Crippen molar-refractivity contribution in [3.63, 3.8) is 0 Å². The van der Waals surface area contributed by atoms with Gasteiger partial charge in [0.1, 0.15) is 6.07 Å². The summed E-state index contributed by atoms with van der Waals surface area (Å²) in [6.45, 7) is 1.96. The fraction of sp³-hybridized carbons (Fsp3) is 0.182. The molecule has 3 heteroatoms. The summed E-state index contributed by atoms with van der Waals surface area (Å²) < 4.78 is 3.08. The predicted octanol–water partition coefficient (Wildman–Crippen LogP) is 3.12. The van der Waals surface area contributed by atoms with Gasteiger partial charge in [-0.1, -0.05) is 22.0 Å². The van der Waals surface area contributed by atoms with Crippen molar-refractivity contribution in [3.8, 4) is 6.07 Å². The van der Waals surface area contributed by atoms with E-state index in [1.54, 1.807) is 0 Å². The highest BCUT2D eigenvalue weighted by Gasteiger charge is 2.10. The Morgan fingerprint density at radius 2 is 2.14 bits per heavy atom. The summed E-state index contributed by atoms with van der Waals surface area (Å²) in [5.41, 5.74) is 2.88. The molecule has 0 aliphatic rings. The summed E-state index contributed by atoms with van der Waals surface area (Å²) in [5.74, 6) is 0. The number of aromatic nitrogens is 1. The van der Waals surface area contributed by atoms with E-state index in [2.05, 4.69) is 22.0 Å². The van der Waals surface area contributed by atoms with Crippen LogP contribution in [0, 0.1) is 18.3 Å². The molecule has 2 aromatic rings. The number of benzene rings is 1. The zero-order chi connectivity index (χ0) is 10.3. The van der Waals surface area contributed by atoms with E-state index in [1.165, 1.54) is 0 Å². The van der Waals surface area contributed by atoms with Gasteiger partial charge in [0.15, 0.2) is 0 Å². The van der Waals surface area contributed by atoms with E-state index >= 15 is 0 Å². The summed E-state index contributed by atoms with van der Waals surface area (Å²) in [4.78, 5) is 0. The fourth-order valence-corrected chi connectivity index (χ4v) is 2.03. The van der Waals surface area contributed by atoms with E-state index in [0.29, 0.717) is 0 Å². The van der Waals surface area contributed by atoms with Crippen molar-refractivity contribution >= 4 is 26.8 Å². The minimum Gasteiger partial charge on any atom is -0.347 e. The Kier molecular flexibility index (Phi) is 2.09. The quantitative estimate of drug-likeness (QED) is 0.705. The molecule has 0 aliphatic heterocycles. The Morgan fingerprint density at radius 1 is 1.43 bits per heavy atom. The molecule has 0 amide bonds. The first-order chi connectivity index (χ1) is 6.65. The largest absolute Gasteiger partial charge is 0.347 e. The zero-order valence-corrected chi connectivity index (χ0v) is 9.59. The van der Waals surface area contributed by atoms with Crippen molar-refractivity contribution < 1.29 is 0 Å². The van der Waals surface area contributed by atoms with Gasteiger partial charge in [-0.25, -0.2) is 0 Å². The highest BCUT2D eigenvalue weighted by molar-refractivity contribution is 9.10. The average molecular weight is 249 g/mol. The first-order valence-electron chi connectivity index (χ1n) is 4.30. The van der Waals surface area contributed by atoms with E-state index in [-0.39, 0.29) is 0 Å². The van der Waals surface area contributed by atoms with Crippen LogP contribution in [-0.2, 0) is 7.05 Å². The maximum atomic E-state index is 9.02. The number of nitrogens with zero attached hydrogens (tertiary/aromatic N) is 2. The normalized spacial score (nSPS) is 10.4. The van der Waals surface area contributed by atoms with Crippen LogP contribution in [0.4, 0.5) is 0 Å². The molecule has 1 heterocycles. The molecule has 70 valence electrons. The highest BCUT2D eigenvalue weighted by atomic mass is 79.9. The van der Waals surface area contributed by atoms with Crippen molar-refractivity contribution in [2.75, 3.05) is 0 Å². The lowest BCUT2D eigenvalue weighted by Crippen LogP contribution is -1.90. The number of nitriles is 1. The monoisotopic (exact) mass is 248 g/mol. The van der Waals surface area contributed by atoms with Crippen LogP contribution < -0.4 is 0 Å². The molecule has 0 N–H and O–H groups in total. The first-order valence-corrected chi connectivity index (χ1v) is 5.09. The molecule has 0 bridgehead atoms. The molecular weight excluding hydrogens is 240 g/mol. The van der Waals surface area contributed by atoms with Crippen LogP contribution in [0.3, 0.4) is 0 Å². The van der Waals surface area contributed by atoms with Gasteiger partial charge in [-0.3, -0.25) is 0 Å². The smallest absolute Gasteiger partial charge is 0.102 e. The third kappa shape index (κ3) is 1.15. The third-order valence-corrected chi connectivity index (χ3v) is 3.06. The topological polar surface area (TPSA) is 28.7 Å². The number of fused-ring (bicyclic) bond motifs is 1. The summed E-state index contributed by atoms with van der Waals surface area (Å²) in [5, 5.41) is 10.0. The fourth-order valence-electron chi connectivity index (χ4n) is 1.68. The second-order valence-corrected chi connectivity index (χ2v) is 4.21.